The molecular formula is C16H17N3S. The average molecular weight is 283 g/mol. The van der Waals surface area contributed by atoms with Crippen molar-refractivity contribution in [3.63, 3.8) is 0 Å². The number of benzene rings is 2. The number of anilines is 1. The van der Waals surface area contributed by atoms with E-state index in [0.29, 0.717) is 0 Å². The third-order valence-corrected chi connectivity index (χ3v) is 4.02. The van der Waals surface area contributed by atoms with Crippen LogP contribution in [-0.2, 0) is 6.54 Å². The van der Waals surface area contributed by atoms with E-state index in [1.165, 1.54) is 10.5 Å². The van der Waals surface area contributed by atoms with Crippen LogP contribution < -0.4 is 5.32 Å². The Morgan fingerprint density at radius 2 is 2.15 bits per heavy atom. The Morgan fingerprint density at radius 3 is 3.05 bits per heavy atom. The molecule has 0 unspecified atom stereocenters. The minimum Gasteiger partial charge on any atom is -0.381 e. The van der Waals surface area contributed by atoms with Crippen molar-refractivity contribution < 1.29 is 0 Å². The number of H-pyrrole nitrogens is 1. The molecule has 0 aliphatic heterocycles. The van der Waals surface area contributed by atoms with E-state index < -0.39 is 0 Å². The first-order chi connectivity index (χ1) is 9.85. The molecule has 4 heteroatoms. The molecule has 0 fully saturated rings. The Kier molecular flexibility index (Phi) is 3.92. The number of hydrogen-bond acceptors (Lipinski definition) is 3. The highest BCUT2D eigenvalue weighted by molar-refractivity contribution is 7.99. The van der Waals surface area contributed by atoms with Gasteiger partial charge in [0.1, 0.15) is 0 Å². The van der Waals surface area contributed by atoms with Gasteiger partial charge in [-0.1, -0.05) is 19.1 Å². The van der Waals surface area contributed by atoms with Crippen LogP contribution in [0.3, 0.4) is 0 Å². The summed E-state index contributed by atoms with van der Waals surface area (Å²) in [5.74, 6) is 1.10. The molecule has 1 heterocycles. The molecular weight excluding hydrogens is 266 g/mol. The summed E-state index contributed by atoms with van der Waals surface area (Å²) < 4.78 is 0. The predicted octanol–water partition coefficient (Wildman–Crippen LogP) is 4.29. The highest BCUT2D eigenvalue weighted by Crippen LogP contribution is 2.20. The van der Waals surface area contributed by atoms with Gasteiger partial charge in [0.2, 0.25) is 0 Å². The van der Waals surface area contributed by atoms with Gasteiger partial charge >= 0.3 is 0 Å². The summed E-state index contributed by atoms with van der Waals surface area (Å²) in [4.78, 5) is 1.33. The number of fused-ring (bicyclic) bond motifs is 1. The fraction of sp³-hybridized carbons (Fsp3) is 0.188. The third-order valence-electron chi connectivity index (χ3n) is 3.15. The molecule has 0 amide bonds. The van der Waals surface area contributed by atoms with Crippen LogP contribution in [-0.4, -0.2) is 16.0 Å². The molecule has 3 aromatic rings. The minimum absolute atomic E-state index is 0.831. The fourth-order valence-electron chi connectivity index (χ4n) is 2.16. The molecule has 0 spiro atoms. The number of nitrogens with one attached hydrogen (secondary N) is 2. The largest absolute Gasteiger partial charge is 0.381 e. The Bertz CT molecular complexity index is 706. The maximum atomic E-state index is 4.04. The Balaban J connectivity index is 1.70. The Labute approximate surface area is 122 Å². The van der Waals surface area contributed by atoms with Gasteiger partial charge in [-0.2, -0.15) is 5.10 Å². The van der Waals surface area contributed by atoms with Gasteiger partial charge in [-0.3, -0.25) is 5.10 Å². The van der Waals surface area contributed by atoms with Crippen LogP contribution in [0.25, 0.3) is 10.9 Å². The van der Waals surface area contributed by atoms with Crippen molar-refractivity contribution in [1.82, 2.24) is 10.2 Å². The summed E-state index contributed by atoms with van der Waals surface area (Å²) >= 11 is 1.87. The summed E-state index contributed by atoms with van der Waals surface area (Å²) in [7, 11) is 0. The molecule has 0 atom stereocenters. The van der Waals surface area contributed by atoms with E-state index in [0.717, 1.165) is 28.9 Å². The molecule has 1 aromatic heterocycles. The molecule has 0 radical (unpaired) electrons. The van der Waals surface area contributed by atoms with E-state index in [-0.39, 0.29) is 0 Å². The van der Waals surface area contributed by atoms with Crippen molar-refractivity contribution in [3.05, 3.63) is 54.2 Å². The van der Waals surface area contributed by atoms with Crippen LogP contribution in [0.1, 0.15) is 12.5 Å². The summed E-state index contributed by atoms with van der Waals surface area (Å²) in [5, 5.41) is 11.6. The first-order valence-corrected chi connectivity index (χ1v) is 7.72. The number of aromatic nitrogens is 2. The molecule has 0 aliphatic carbocycles. The quantitative estimate of drug-likeness (QED) is 0.686. The first-order valence-electron chi connectivity index (χ1n) is 6.74. The second-order valence-corrected chi connectivity index (χ2v) is 5.94. The van der Waals surface area contributed by atoms with Gasteiger partial charge in [0.15, 0.2) is 0 Å². The van der Waals surface area contributed by atoms with Gasteiger partial charge in [-0.15, -0.1) is 11.8 Å². The lowest BCUT2D eigenvalue weighted by Crippen LogP contribution is -1.99. The Hall–Kier alpha value is -1.94. The number of aromatic amines is 1. The standard InChI is InChI=1S/C16H17N3S/c1-2-20-15-5-3-4-12(8-15)10-17-14-7-6-13-11-18-19-16(13)9-14/h3-9,11,17H,2,10H2,1H3,(H,18,19). The van der Waals surface area contributed by atoms with Gasteiger partial charge in [-0.25, -0.2) is 0 Å². The zero-order valence-corrected chi connectivity index (χ0v) is 12.2. The van der Waals surface area contributed by atoms with Crippen molar-refractivity contribution in [3.8, 4) is 0 Å². The van der Waals surface area contributed by atoms with Gasteiger partial charge < -0.3 is 5.32 Å². The summed E-state index contributed by atoms with van der Waals surface area (Å²) in [6, 6.07) is 14.9. The fourth-order valence-corrected chi connectivity index (χ4v) is 2.91. The lowest BCUT2D eigenvalue weighted by molar-refractivity contribution is 1.11. The molecule has 2 N–H and O–H groups in total. The lowest BCUT2D eigenvalue weighted by Gasteiger charge is -2.08. The van der Waals surface area contributed by atoms with Crippen LogP contribution in [0.5, 0.6) is 0 Å². The number of thioether (sulfide) groups is 1. The zero-order valence-electron chi connectivity index (χ0n) is 11.4. The van der Waals surface area contributed by atoms with Crippen molar-refractivity contribution >= 4 is 28.4 Å². The molecule has 102 valence electrons. The van der Waals surface area contributed by atoms with E-state index in [9.17, 15) is 0 Å². The number of nitrogens with zero attached hydrogens (tertiary/aromatic N) is 1. The summed E-state index contributed by atoms with van der Waals surface area (Å²) in [5.41, 5.74) is 3.47. The second-order valence-electron chi connectivity index (χ2n) is 4.61. The van der Waals surface area contributed by atoms with Crippen LogP contribution >= 0.6 is 11.8 Å². The maximum absolute atomic E-state index is 4.04. The smallest absolute Gasteiger partial charge is 0.0670 e. The van der Waals surface area contributed by atoms with Gasteiger partial charge in [0.25, 0.3) is 0 Å². The highest BCUT2D eigenvalue weighted by Gasteiger charge is 1.99. The first kappa shape index (κ1) is 13.1. The SMILES string of the molecule is CCSc1cccc(CNc2ccc3cn[nH]c3c2)c1. The number of hydrogen-bond donors (Lipinski definition) is 2. The van der Waals surface area contributed by atoms with Crippen LogP contribution in [0.2, 0.25) is 0 Å². The monoisotopic (exact) mass is 283 g/mol. The summed E-state index contributed by atoms with van der Waals surface area (Å²) in [6.45, 7) is 3.01. The molecule has 0 saturated carbocycles. The third kappa shape index (κ3) is 2.96. The van der Waals surface area contributed by atoms with Crippen molar-refractivity contribution in [2.75, 3.05) is 11.1 Å². The van der Waals surface area contributed by atoms with E-state index >= 15 is 0 Å². The number of rotatable bonds is 5. The Morgan fingerprint density at radius 1 is 1.20 bits per heavy atom. The normalized spacial score (nSPS) is 10.8. The molecule has 20 heavy (non-hydrogen) atoms. The van der Waals surface area contributed by atoms with Crippen molar-refractivity contribution in [1.29, 1.82) is 0 Å². The average Bonchev–Trinajstić information content (AvgIpc) is 2.93. The highest BCUT2D eigenvalue weighted by atomic mass is 32.2. The van der Waals surface area contributed by atoms with Crippen molar-refractivity contribution in [2.45, 2.75) is 18.4 Å². The minimum atomic E-state index is 0.831. The van der Waals surface area contributed by atoms with E-state index in [2.05, 4.69) is 64.9 Å². The maximum Gasteiger partial charge on any atom is 0.0670 e. The molecule has 2 aromatic carbocycles. The van der Waals surface area contributed by atoms with E-state index in [4.69, 9.17) is 0 Å². The van der Waals surface area contributed by atoms with Gasteiger partial charge in [-0.05, 0) is 41.6 Å². The van der Waals surface area contributed by atoms with Gasteiger partial charge in [0.05, 0.1) is 11.7 Å². The zero-order chi connectivity index (χ0) is 13.8. The molecule has 3 nitrogen and oxygen atoms in total. The van der Waals surface area contributed by atoms with Crippen LogP contribution in [0.15, 0.2) is 53.6 Å². The molecule has 0 bridgehead atoms. The topological polar surface area (TPSA) is 40.7 Å². The van der Waals surface area contributed by atoms with Crippen molar-refractivity contribution in [2.24, 2.45) is 0 Å². The molecule has 0 saturated heterocycles. The van der Waals surface area contributed by atoms with E-state index in [1.807, 2.05) is 18.0 Å². The second kappa shape index (κ2) is 6.01. The van der Waals surface area contributed by atoms with Crippen LogP contribution in [0.4, 0.5) is 5.69 Å². The summed E-state index contributed by atoms with van der Waals surface area (Å²) in [6.07, 6.45) is 1.84. The molecule has 0 aliphatic rings. The van der Waals surface area contributed by atoms with Gasteiger partial charge in [0, 0.05) is 22.5 Å². The predicted molar refractivity (Wildman–Crippen MR) is 86.3 cm³/mol. The van der Waals surface area contributed by atoms with E-state index in [1.54, 1.807) is 0 Å². The molecule has 3 rings (SSSR count). The lowest BCUT2D eigenvalue weighted by atomic mass is 10.2. The van der Waals surface area contributed by atoms with Crippen LogP contribution in [0, 0.1) is 0 Å².